The lowest BCUT2D eigenvalue weighted by Gasteiger charge is -2.12. The highest BCUT2D eigenvalue weighted by atomic mass is 19.1. The fourth-order valence-corrected chi connectivity index (χ4v) is 2.55. The van der Waals surface area contributed by atoms with Crippen LogP contribution in [0.2, 0.25) is 0 Å². The van der Waals surface area contributed by atoms with Crippen LogP contribution in [0.1, 0.15) is 10.4 Å². The molecule has 0 aromatic heterocycles. The zero-order chi connectivity index (χ0) is 19.2. The molecule has 3 aromatic carbocycles. The van der Waals surface area contributed by atoms with Gasteiger partial charge in [0.2, 0.25) is 0 Å². The maximum Gasteiger partial charge on any atom is 0.255 e. The van der Waals surface area contributed by atoms with Gasteiger partial charge in [0.15, 0.2) is 11.5 Å². The number of anilines is 3. The van der Waals surface area contributed by atoms with Gasteiger partial charge in [-0.1, -0.05) is 6.07 Å². The topological polar surface area (TPSA) is 59.6 Å². The van der Waals surface area contributed by atoms with Crippen LogP contribution in [0.5, 0.6) is 11.5 Å². The number of halogens is 1. The largest absolute Gasteiger partial charge is 0.493 e. The van der Waals surface area contributed by atoms with Crippen LogP contribution in [0.25, 0.3) is 0 Å². The molecule has 3 rings (SSSR count). The summed E-state index contributed by atoms with van der Waals surface area (Å²) in [4.78, 5) is 12.2. The van der Waals surface area contributed by atoms with E-state index in [0.29, 0.717) is 17.2 Å². The predicted octanol–water partition coefficient (Wildman–Crippen LogP) is 4.84. The summed E-state index contributed by atoms with van der Waals surface area (Å²) in [6.07, 6.45) is 0. The van der Waals surface area contributed by atoms with Crippen molar-refractivity contribution in [3.05, 3.63) is 78.1 Å². The molecule has 0 spiro atoms. The SMILES string of the molecule is COc1ccc(Nc2ccc(NC(=O)c3cccc(F)c3)cc2)cc1OC. The van der Waals surface area contributed by atoms with Gasteiger partial charge in [-0.15, -0.1) is 0 Å². The number of rotatable bonds is 6. The lowest BCUT2D eigenvalue weighted by Crippen LogP contribution is -2.11. The van der Waals surface area contributed by atoms with Crippen molar-refractivity contribution in [3.63, 3.8) is 0 Å². The second kappa shape index (κ2) is 8.23. The van der Waals surface area contributed by atoms with Crippen LogP contribution in [-0.2, 0) is 0 Å². The molecule has 0 aliphatic carbocycles. The van der Waals surface area contributed by atoms with Gasteiger partial charge in [0, 0.05) is 28.7 Å². The smallest absolute Gasteiger partial charge is 0.255 e. The third-order valence-corrected chi connectivity index (χ3v) is 3.90. The first-order chi connectivity index (χ1) is 13.1. The molecule has 27 heavy (non-hydrogen) atoms. The summed E-state index contributed by atoms with van der Waals surface area (Å²) >= 11 is 0. The van der Waals surface area contributed by atoms with E-state index in [0.717, 1.165) is 11.4 Å². The van der Waals surface area contributed by atoms with Crippen LogP contribution in [0.4, 0.5) is 21.5 Å². The first-order valence-corrected chi connectivity index (χ1v) is 8.25. The van der Waals surface area contributed by atoms with Gasteiger partial charge in [0.25, 0.3) is 5.91 Å². The number of carbonyl (C=O) groups excluding carboxylic acids is 1. The first kappa shape index (κ1) is 18.3. The molecule has 0 saturated carbocycles. The van der Waals surface area contributed by atoms with Crippen molar-refractivity contribution in [1.82, 2.24) is 0 Å². The fraction of sp³-hybridized carbons (Fsp3) is 0.0952. The lowest BCUT2D eigenvalue weighted by atomic mass is 10.2. The number of hydrogen-bond acceptors (Lipinski definition) is 4. The van der Waals surface area contributed by atoms with Crippen molar-refractivity contribution in [3.8, 4) is 11.5 Å². The van der Waals surface area contributed by atoms with Gasteiger partial charge < -0.3 is 20.1 Å². The molecule has 1 amide bonds. The van der Waals surface area contributed by atoms with Gasteiger partial charge in [-0.3, -0.25) is 4.79 Å². The summed E-state index contributed by atoms with van der Waals surface area (Å²) in [7, 11) is 3.17. The molecule has 6 heteroatoms. The van der Waals surface area contributed by atoms with Crippen molar-refractivity contribution in [2.24, 2.45) is 0 Å². The molecule has 0 aliphatic heterocycles. The van der Waals surface area contributed by atoms with Crippen LogP contribution in [0.3, 0.4) is 0 Å². The van der Waals surface area contributed by atoms with Gasteiger partial charge >= 0.3 is 0 Å². The highest BCUT2D eigenvalue weighted by molar-refractivity contribution is 6.04. The van der Waals surface area contributed by atoms with E-state index in [2.05, 4.69) is 10.6 Å². The first-order valence-electron chi connectivity index (χ1n) is 8.25. The molecular formula is C21H19FN2O3. The second-order valence-electron chi connectivity index (χ2n) is 5.74. The van der Waals surface area contributed by atoms with E-state index in [1.54, 1.807) is 32.4 Å². The molecule has 3 aromatic rings. The van der Waals surface area contributed by atoms with E-state index in [9.17, 15) is 9.18 Å². The van der Waals surface area contributed by atoms with Gasteiger partial charge in [-0.05, 0) is 54.6 Å². The molecule has 138 valence electrons. The molecule has 0 aliphatic rings. The number of hydrogen-bond donors (Lipinski definition) is 2. The zero-order valence-electron chi connectivity index (χ0n) is 15.0. The fourth-order valence-electron chi connectivity index (χ4n) is 2.55. The maximum absolute atomic E-state index is 13.2. The zero-order valence-corrected chi connectivity index (χ0v) is 15.0. The third kappa shape index (κ3) is 4.55. The van der Waals surface area contributed by atoms with E-state index in [1.165, 1.54) is 18.2 Å². The van der Waals surface area contributed by atoms with Gasteiger partial charge in [0.1, 0.15) is 5.82 Å². The van der Waals surface area contributed by atoms with E-state index in [-0.39, 0.29) is 11.5 Å². The van der Waals surface area contributed by atoms with E-state index >= 15 is 0 Å². The molecule has 0 fully saturated rings. The van der Waals surface area contributed by atoms with Crippen LogP contribution in [0.15, 0.2) is 66.7 Å². The predicted molar refractivity (Wildman–Crippen MR) is 104 cm³/mol. The maximum atomic E-state index is 13.2. The van der Waals surface area contributed by atoms with Crippen LogP contribution < -0.4 is 20.1 Å². The van der Waals surface area contributed by atoms with Gasteiger partial charge in [-0.25, -0.2) is 4.39 Å². The lowest BCUT2D eigenvalue weighted by molar-refractivity contribution is 0.102. The summed E-state index contributed by atoms with van der Waals surface area (Å²) in [5.74, 6) is 0.465. The Balaban J connectivity index is 1.67. The third-order valence-electron chi connectivity index (χ3n) is 3.90. The van der Waals surface area contributed by atoms with E-state index in [1.807, 2.05) is 30.3 Å². The number of methoxy groups -OCH3 is 2. The van der Waals surface area contributed by atoms with Crippen molar-refractivity contribution in [2.45, 2.75) is 0 Å². The van der Waals surface area contributed by atoms with Gasteiger partial charge in [-0.2, -0.15) is 0 Å². The molecular weight excluding hydrogens is 347 g/mol. The molecule has 5 nitrogen and oxygen atoms in total. The Morgan fingerprint density at radius 2 is 1.48 bits per heavy atom. The van der Waals surface area contributed by atoms with E-state index in [4.69, 9.17) is 9.47 Å². The standard InChI is InChI=1S/C21H19FN2O3/c1-26-19-11-10-18(13-20(19)27-2)23-16-6-8-17(9-7-16)24-21(25)14-4-3-5-15(22)12-14/h3-13,23H,1-2H3,(H,24,25). The van der Waals surface area contributed by atoms with E-state index < -0.39 is 5.82 Å². The Morgan fingerprint density at radius 1 is 0.815 bits per heavy atom. The monoisotopic (exact) mass is 366 g/mol. The number of benzene rings is 3. The Hall–Kier alpha value is -3.54. The Kier molecular flexibility index (Phi) is 5.56. The average molecular weight is 366 g/mol. The molecule has 2 N–H and O–H groups in total. The van der Waals surface area contributed by atoms with Crippen LogP contribution >= 0.6 is 0 Å². The minimum Gasteiger partial charge on any atom is -0.493 e. The normalized spacial score (nSPS) is 10.2. The average Bonchev–Trinajstić information content (AvgIpc) is 2.69. The summed E-state index contributed by atoms with van der Waals surface area (Å²) in [6, 6.07) is 18.3. The number of nitrogens with one attached hydrogen (secondary N) is 2. The molecule has 0 bridgehead atoms. The number of carbonyl (C=O) groups is 1. The highest BCUT2D eigenvalue weighted by Gasteiger charge is 2.08. The summed E-state index contributed by atoms with van der Waals surface area (Å²) in [5, 5.41) is 5.99. The molecule has 0 atom stereocenters. The molecule has 0 radical (unpaired) electrons. The Morgan fingerprint density at radius 3 is 2.15 bits per heavy atom. The van der Waals surface area contributed by atoms with Crippen molar-refractivity contribution in [2.75, 3.05) is 24.9 Å². The molecule has 0 heterocycles. The van der Waals surface area contributed by atoms with Crippen molar-refractivity contribution in [1.29, 1.82) is 0 Å². The van der Waals surface area contributed by atoms with Crippen molar-refractivity contribution < 1.29 is 18.7 Å². The minimum absolute atomic E-state index is 0.266. The van der Waals surface area contributed by atoms with Gasteiger partial charge in [0.05, 0.1) is 14.2 Å². The Labute approximate surface area is 156 Å². The Bertz CT molecular complexity index is 942. The number of amides is 1. The van der Waals surface area contributed by atoms with Crippen LogP contribution in [0, 0.1) is 5.82 Å². The number of ether oxygens (including phenoxy) is 2. The van der Waals surface area contributed by atoms with Crippen LogP contribution in [-0.4, -0.2) is 20.1 Å². The highest BCUT2D eigenvalue weighted by Crippen LogP contribution is 2.31. The summed E-state index contributed by atoms with van der Waals surface area (Å²) in [5.41, 5.74) is 2.56. The quantitative estimate of drug-likeness (QED) is 0.655. The molecule has 0 unspecified atom stereocenters. The summed E-state index contributed by atoms with van der Waals surface area (Å²) < 4.78 is 23.7. The second-order valence-corrected chi connectivity index (χ2v) is 5.74. The summed E-state index contributed by atoms with van der Waals surface area (Å²) in [6.45, 7) is 0. The van der Waals surface area contributed by atoms with Crippen molar-refractivity contribution >= 4 is 23.0 Å². The molecule has 0 saturated heterocycles. The minimum atomic E-state index is -0.447.